The van der Waals surface area contributed by atoms with Crippen LogP contribution in [0.4, 0.5) is 10.1 Å². The number of hydrogen-bond donors (Lipinski definition) is 2. The van der Waals surface area contributed by atoms with Gasteiger partial charge in [-0.3, -0.25) is 4.79 Å². The summed E-state index contributed by atoms with van der Waals surface area (Å²) in [7, 11) is 1.60. The highest BCUT2D eigenvalue weighted by Crippen LogP contribution is 2.31. The Hall–Kier alpha value is -1.17. The van der Waals surface area contributed by atoms with Crippen molar-refractivity contribution in [3.05, 3.63) is 29.6 Å². The van der Waals surface area contributed by atoms with Crippen molar-refractivity contribution in [2.24, 2.45) is 5.41 Å². The molecule has 1 aromatic carbocycles. The van der Waals surface area contributed by atoms with Crippen LogP contribution in [0.5, 0.6) is 0 Å². The van der Waals surface area contributed by atoms with Crippen LogP contribution in [0, 0.1) is 18.2 Å². The van der Waals surface area contributed by atoms with E-state index in [1.807, 2.05) is 0 Å². The molecule has 0 spiro atoms. The minimum absolute atomic E-state index is 0. The van der Waals surface area contributed by atoms with Crippen LogP contribution >= 0.6 is 12.4 Å². The molecule has 0 radical (unpaired) electrons. The highest BCUT2D eigenvalue weighted by Gasteiger charge is 2.39. The summed E-state index contributed by atoms with van der Waals surface area (Å²) in [5.74, 6) is -0.405. The Morgan fingerprint density at radius 1 is 1.43 bits per heavy atom. The van der Waals surface area contributed by atoms with E-state index in [0.717, 1.165) is 25.9 Å². The van der Waals surface area contributed by atoms with Crippen molar-refractivity contribution >= 4 is 24.0 Å². The van der Waals surface area contributed by atoms with Crippen LogP contribution in [0.3, 0.4) is 0 Å². The number of carbonyl (C=O) groups is 1. The first-order valence-corrected chi connectivity index (χ1v) is 6.85. The number of halogens is 2. The van der Waals surface area contributed by atoms with E-state index in [2.05, 4.69) is 10.6 Å². The molecule has 1 aliphatic rings. The molecular formula is C15H22ClFN2O2. The normalized spacial score (nSPS) is 16.9. The van der Waals surface area contributed by atoms with Crippen LogP contribution in [0.2, 0.25) is 0 Å². The largest absolute Gasteiger partial charge is 0.384 e. The fourth-order valence-corrected chi connectivity index (χ4v) is 2.55. The minimum Gasteiger partial charge on any atom is -0.384 e. The third-order valence-corrected chi connectivity index (χ3v) is 3.89. The molecule has 21 heavy (non-hydrogen) atoms. The van der Waals surface area contributed by atoms with Gasteiger partial charge in [-0.1, -0.05) is 6.07 Å². The van der Waals surface area contributed by atoms with E-state index in [1.54, 1.807) is 26.2 Å². The van der Waals surface area contributed by atoms with Gasteiger partial charge in [0.1, 0.15) is 5.82 Å². The summed E-state index contributed by atoms with van der Waals surface area (Å²) >= 11 is 0. The smallest absolute Gasteiger partial charge is 0.233 e. The minimum atomic E-state index is -0.526. The summed E-state index contributed by atoms with van der Waals surface area (Å²) in [5, 5.41) is 6.06. The van der Waals surface area contributed by atoms with Crippen molar-refractivity contribution in [1.29, 1.82) is 0 Å². The maximum absolute atomic E-state index is 13.5. The van der Waals surface area contributed by atoms with Gasteiger partial charge in [0.25, 0.3) is 0 Å². The molecule has 2 rings (SSSR count). The monoisotopic (exact) mass is 316 g/mol. The number of benzene rings is 1. The molecule has 0 saturated carbocycles. The van der Waals surface area contributed by atoms with Gasteiger partial charge in [0.2, 0.25) is 5.91 Å². The standard InChI is InChI=1S/C15H21FN2O2.ClH/c1-11-3-4-12(9-13(11)16)18-14(19)15(10-20-2)5-7-17-8-6-15;/h3-4,9,17H,5-8,10H2,1-2H3,(H,18,19);1H. The lowest BCUT2D eigenvalue weighted by Gasteiger charge is -2.35. The molecule has 1 amide bonds. The van der Waals surface area contributed by atoms with E-state index in [9.17, 15) is 9.18 Å². The molecule has 1 aliphatic heterocycles. The second kappa shape index (κ2) is 7.73. The number of amides is 1. The topological polar surface area (TPSA) is 50.4 Å². The van der Waals surface area contributed by atoms with Crippen molar-refractivity contribution in [3.63, 3.8) is 0 Å². The summed E-state index contributed by atoms with van der Waals surface area (Å²) in [4.78, 5) is 12.5. The number of aryl methyl sites for hydroxylation is 1. The summed E-state index contributed by atoms with van der Waals surface area (Å²) in [5.41, 5.74) is 0.532. The number of nitrogens with one attached hydrogen (secondary N) is 2. The molecule has 0 bridgehead atoms. The molecular weight excluding hydrogens is 295 g/mol. The van der Waals surface area contributed by atoms with Gasteiger partial charge in [0.05, 0.1) is 12.0 Å². The van der Waals surface area contributed by atoms with Gasteiger partial charge in [0, 0.05) is 12.8 Å². The van der Waals surface area contributed by atoms with Crippen LogP contribution < -0.4 is 10.6 Å². The number of anilines is 1. The molecule has 0 aromatic heterocycles. The second-order valence-corrected chi connectivity index (χ2v) is 5.38. The Bertz CT molecular complexity index is 485. The van der Waals surface area contributed by atoms with Gasteiger partial charge in [-0.25, -0.2) is 4.39 Å². The Balaban J connectivity index is 0.00000220. The van der Waals surface area contributed by atoms with Crippen LogP contribution in [0.1, 0.15) is 18.4 Å². The van der Waals surface area contributed by atoms with Crippen LogP contribution in [0.25, 0.3) is 0 Å². The highest BCUT2D eigenvalue weighted by atomic mass is 35.5. The first-order valence-electron chi connectivity index (χ1n) is 6.85. The molecule has 118 valence electrons. The van der Waals surface area contributed by atoms with Gasteiger partial charge < -0.3 is 15.4 Å². The van der Waals surface area contributed by atoms with Crippen molar-refractivity contribution in [2.45, 2.75) is 19.8 Å². The van der Waals surface area contributed by atoms with E-state index < -0.39 is 5.41 Å². The van der Waals surface area contributed by atoms with Gasteiger partial charge in [-0.05, 0) is 50.6 Å². The van der Waals surface area contributed by atoms with E-state index >= 15 is 0 Å². The summed E-state index contributed by atoms with van der Waals surface area (Å²) in [6, 6.07) is 4.74. The van der Waals surface area contributed by atoms with Crippen LogP contribution in [0.15, 0.2) is 18.2 Å². The first-order chi connectivity index (χ1) is 9.57. The third-order valence-electron chi connectivity index (χ3n) is 3.89. The lowest BCUT2D eigenvalue weighted by molar-refractivity contribution is -0.130. The lowest BCUT2D eigenvalue weighted by atomic mass is 9.78. The van der Waals surface area contributed by atoms with E-state index in [1.165, 1.54) is 6.07 Å². The number of carbonyl (C=O) groups excluding carboxylic acids is 1. The molecule has 0 unspecified atom stereocenters. The van der Waals surface area contributed by atoms with Crippen molar-refractivity contribution in [2.75, 3.05) is 32.1 Å². The molecule has 1 saturated heterocycles. The number of rotatable bonds is 4. The van der Waals surface area contributed by atoms with Gasteiger partial charge in [-0.2, -0.15) is 0 Å². The maximum Gasteiger partial charge on any atom is 0.233 e. The van der Waals surface area contributed by atoms with E-state index in [0.29, 0.717) is 17.9 Å². The molecule has 0 atom stereocenters. The zero-order valence-corrected chi connectivity index (χ0v) is 13.2. The average molecular weight is 317 g/mol. The lowest BCUT2D eigenvalue weighted by Crippen LogP contribution is -2.47. The fourth-order valence-electron chi connectivity index (χ4n) is 2.55. The Morgan fingerprint density at radius 3 is 2.67 bits per heavy atom. The number of ether oxygens (including phenoxy) is 1. The van der Waals surface area contributed by atoms with Gasteiger partial charge in [-0.15, -0.1) is 12.4 Å². The van der Waals surface area contributed by atoms with Crippen LogP contribution in [-0.2, 0) is 9.53 Å². The quantitative estimate of drug-likeness (QED) is 0.897. The van der Waals surface area contributed by atoms with Crippen molar-refractivity contribution < 1.29 is 13.9 Å². The first kappa shape index (κ1) is 17.9. The Kier molecular flexibility index (Phi) is 6.58. The highest BCUT2D eigenvalue weighted by molar-refractivity contribution is 5.95. The molecule has 6 heteroatoms. The van der Waals surface area contributed by atoms with Crippen molar-refractivity contribution in [3.8, 4) is 0 Å². The summed E-state index contributed by atoms with van der Waals surface area (Å²) < 4.78 is 18.8. The SMILES string of the molecule is COCC1(C(=O)Nc2ccc(C)c(F)c2)CCNCC1.Cl. The summed E-state index contributed by atoms with van der Waals surface area (Å²) in [6.45, 7) is 3.66. The van der Waals surface area contributed by atoms with Crippen molar-refractivity contribution in [1.82, 2.24) is 5.32 Å². The predicted octanol–water partition coefficient (Wildman–Crippen LogP) is 2.51. The third kappa shape index (κ3) is 4.15. The second-order valence-electron chi connectivity index (χ2n) is 5.38. The van der Waals surface area contributed by atoms with Crippen LogP contribution in [-0.4, -0.2) is 32.7 Å². The predicted molar refractivity (Wildman–Crippen MR) is 83.4 cm³/mol. The molecule has 0 aliphatic carbocycles. The maximum atomic E-state index is 13.5. The molecule has 4 nitrogen and oxygen atoms in total. The Labute approximate surface area is 130 Å². The average Bonchev–Trinajstić information content (AvgIpc) is 2.44. The molecule has 2 N–H and O–H groups in total. The Morgan fingerprint density at radius 2 is 2.10 bits per heavy atom. The zero-order chi connectivity index (χ0) is 14.6. The zero-order valence-electron chi connectivity index (χ0n) is 12.4. The number of methoxy groups -OCH3 is 1. The van der Waals surface area contributed by atoms with Gasteiger partial charge in [0.15, 0.2) is 0 Å². The molecule has 1 aromatic rings. The van der Waals surface area contributed by atoms with E-state index in [4.69, 9.17) is 4.74 Å². The number of piperidine rings is 1. The fraction of sp³-hybridized carbons (Fsp3) is 0.533. The molecule has 1 heterocycles. The summed E-state index contributed by atoms with van der Waals surface area (Å²) in [6.07, 6.45) is 1.45. The van der Waals surface area contributed by atoms with Gasteiger partial charge >= 0.3 is 0 Å². The van der Waals surface area contributed by atoms with E-state index in [-0.39, 0.29) is 24.1 Å². The molecule has 1 fully saturated rings. The number of hydrogen-bond acceptors (Lipinski definition) is 3.